The Hall–Kier alpha value is -3.43. The van der Waals surface area contributed by atoms with Crippen molar-refractivity contribution in [2.45, 2.75) is 69.7 Å². The Morgan fingerprint density at radius 2 is 1.68 bits per heavy atom. The summed E-state index contributed by atoms with van der Waals surface area (Å²) in [5.41, 5.74) is 2.84. The highest BCUT2D eigenvalue weighted by Crippen LogP contribution is 2.29. The zero-order valence-corrected chi connectivity index (χ0v) is 22.1. The maximum atomic E-state index is 12.9. The minimum atomic E-state index is -1.42. The number of amides is 2. The molecule has 1 heterocycles. The minimum Gasteiger partial charge on any atom is -0.530 e. The molecule has 3 rings (SSSR count). The lowest BCUT2D eigenvalue weighted by Crippen LogP contribution is -2.52. The number of nitrogens with one attached hydrogen (secondary N) is 2. The first-order valence-corrected chi connectivity index (χ1v) is 13.1. The molecule has 37 heavy (non-hydrogen) atoms. The van der Waals surface area contributed by atoms with Crippen molar-refractivity contribution in [3.63, 3.8) is 0 Å². The van der Waals surface area contributed by atoms with Gasteiger partial charge in [-0.15, -0.1) is 11.3 Å². The van der Waals surface area contributed by atoms with Crippen molar-refractivity contribution in [2.24, 2.45) is 0 Å². The number of alkyl carbamates (subject to hydrolysis) is 1. The quantitative estimate of drug-likeness (QED) is 0.352. The van der Waals surface area contributed by atoms with Gasteiger partial charge in [-0.1, -0.05) is 60.7 Å². The molecule has 0 spiro atoms. The van der Waals surface area contributed by atoms with Crippen LogP contribution in [0.25, 0.3) is 0 Å². The molecule has 1 unspecified atom stereocenters. The van der Waals surface area contributed by atoms with Gasteiger partial charge in [-0.25, -0.2) is 4.79 Å². The van der Waals surface area contributed by atoms with E-state index in [0.717, 1.165) is 16.0 Å². The van der Waals surface area contributed by atoms with E-state index in [4.69, 9.17) is 4.74 Å². The smallest absolute Gasteiger partial charge is 0.407 e. The highest BCUT2D eigenvalue weighted by molar-refractivity contribution is 7.09. The Morgan fingerprint density at radius 3 is 2.24 bits per heavy atom. The van der Waals surface area contributed by atoms with Crippen molar-refractivity contribution in [2.75, 3.05) is 0 Å². The van der Waals surface area contributed by atoms with Gasteiger partial charge in [-0.3, -0.25) is 4.98 Å². The highest BCUT2D eigenvalue weighted by Gasteiger charge is 2.34. The first kappa shape index (κ1) is 28.1. The summed E-state index contributed by atoms with van der Waals surface area (Å²) in [5, 5.41) is 28.3. The molecule has 4 atom stereocenters. The fourth-order valence-electron chi connectivity index (χ4n) is 4.32. The van der Waals surface area contributed by atoms with E-state index in [1.165, 1.54) is 11.3 Å². The summed E-state index contributed by atoms with van der Waals surface area (Å²) in [6.07, 6.45) is -0.489. The third-order valence-electron chi connectivity index (χ3n) is 5.84. The van der Waals surface area contributed by atoms with Crippen molar-refractivity contribution >= 4 is 23.5 Å². The molecule has 0 fully saturated rings. The zero-order chi connectivity index (χ0) is 26.8. The SMILES string of the molecule is CC(C)(C)OC(=O)N[C@@H](C(Cc1cncs1)c1ccccc1)[C@@H](O)C[C@H](Cc1ccccc1)NC(=O)[O-]. The highest BCUT2D eigenvalue weighted by atomic mass is 32.1. The molecule has 2 aromatic carbocycles. The molecule has 9 heteroatoms. The number of ether oxygens (including phenoxy) is 1. The Balaban J connectivity index is 1.92. The van der Waals surface area contributed by atoms with Crippen molar-refractivity contribution in [1.82, 2.24) is 15.6 Å². The van der Waals surface area contributed by atoms with Crippen LogP contribution in [0.15, 0.2) is 72.4 Å². The van der Waals surface area contributed by atoms with Gasteiger partial charge in [0.1, 0.15) is 11.7 Å². The molecule has 0 aliphatic heterocycles. The molecule has 3 N–H and O–H groups in total. The summed E-state index contributed by atoms with van der Waals surface area (Å²) < 4.78 is 5.51. The maximum absolute atomic E-state index is 12.9. The second kappa shape index (κ2) is 13.2. The molecule has 0 bridgehead atoms. The number of carbonyl (C=O) groups excluding carboxylic acids is 2. The summed E-state index contributed by atoms with van der Waals surface area (Å²) in [5.74, 6) is -0.329. The predicted octanol–water partition coefficient (Wildman–Crippen LogP) is 3.66. The standard InChI is InChI=1S/C28H35N3O5S/c1-28(2,3)36-27(35)31-25(23(16-22-17-29-18-37-22)20-12-8-5-9-13-20)24(32)15-21(30-26(33)34)14-19-10-6-4-7-11-19/h4-13,17-18,21,23-25,30,32H,14-16H2,1-3H3,(H,31,35)(H,33,34)/p-1/t21-,23?,24-,25-/m0/s1. The van der Waals surface area contributed by atoms with Gasteiger partial charge in [0.15, 0.2) is 0 Å². The number of hydrogen-bond donors (Lipinski definition) is 3. The van der Waals surface area contributed by atoms with E-state index >= 15 is 0 Å². The molecule has 0 aliphatic rings. The number of aliphatic hydroxyl groups excluding tert-OH is 1. The summed E-state index contributed by atoms with van der Waals surface area (Å²) in [4.78, 5) is 29.5. The summed E-state index contributed by atoms with van der Waals surface area (Å²) in [7, 11) is 0. The van der Waals surface area contributed by atoms with E-state index in [2.05, 4.69) is 15.6 Å². The fraction of sp³-hybridized carbons (Fsp3) is 0.393. The number of thiazole rings is 1. The molecular weight excluding hydrogens is 490 g/mol. The van der Waals surface area contributed by atoms with Gasteiger partial charge < -0.3 is 30.4 Å². The number of aliphatic hydroxyl groups is 1. The number of rotatable bonds is 11. The Bertz CT molecular complexity index is 1100. The number of nitrogens with zero attached hydrogens (tertiary/aromatic N) is 1. The number of aromatic nitrogens is 1. The van der Waals surface area contributed by atoms with Crippen molar-refractivity contribution < 1.29 is 24.5 Å². The topological polar surface area (TPSA) is 124 Å². The first-order chi connectivity index (χ1) is 17.6. The number of carbonyl (C=O) groups is 2. The molecule has 8 nitrogen and oxygen atoms in total. The Morgan fingerprint density at radius 1 is 1.03 bits per heavy atom. The number of hydrogen-bond acceptors (Lipinski definition) is 7. The van der Waals surface area contributed by atoms with Crippen LogP contribution in [-0.2, 0) is 17.6 Å². The third-order valence-corrected chi connectivity index (χ3v) is 6.64. The van der Waals surface area contributed by atoms with Crippen LogP contribution in [0.3, 0.4) is 0 Å². The monoisotopic (exact) mass is 524 g/mol. The van der Waals surface area contributed by atoms with Gasteiger partial charge in [0.25, 0.3) is 0 Å². The lowest BCUT2D eigenvalue weighted by atomic mass is 9.83. The van der Waals surface area contributed by atoms with Gasteiger partial charge in [0, 0.05) is 23.0 Å². The van der Waals surface area contributed by atoms with Crippen LogP contribution < -0.4 is 15.7 Å². The van der Waals surface area contributed by atoms with E-state index in [-0.39, 0.29) is 12.3 Å². The van der Waals surface area contributed by atoms with Crippen molar-refractivity contribution in [3.8, 4) is 0 Å². The van der Waals surface area contributed by atoms with E-state index in [1.807, 2.05) is 60.7 Å². The molecule has 0 aliphatic carbocycles. The largest absolute Gasteiger partial charge is 0.530 e. The molecule has 0 saturated heterocycles. The van der Waals surface area contributed by atoms with Crippen LogP contribution in [0, 0.1) is 0 Å². The van der Waals surface area contributed by atoms with Crippen molar-refractivity contribution in [3.05, 3.63) is 88.4 Å². The van der Waals surface area contributed by atoms with Gasteiger partial charge in [0.2, 0.25) is 0 Å². The molecule has 1 aromatic heterocycles. The zero-order valence-electron chi connectivity index (χ0n) is 21.3. The van der Waals surface area contributed by atoms with Crippen LogP contribution in [-0.4, -0.2) is 46.1 Å². The molecule has 2 amide bonds. The molecule has 0 radical (unpaired) electrons. The first-order valence-electron chi connectivity index (χ1n) is 12.2. The van der Waals surface area contributed by atoms with E-state index in [1.54, 1.807) is 32.5 Å². The average molecular weight is 525 g/mol. The van der Waals surface area contributed by atoms with Gasteiger partial charge >= 0.3 is 6.09 Å². The third kappa shape index (κ3) is 9.51. The van der Waals surface area contributed by atoms with Gasteiger partial charge in [-0.05, 0) is 51.2 Å². The molecular formula is C28H34N3O5S-. The van der Waals surface area contributed by atoms with E-state index in [9.17, 15) is 19.8 Å². The Labute approximate surface area is 221 Å². The van der Waals surface area contributed by atoms with Gasteiger partial charge in [0.05, 0.1) is 17.7 Å². The fourth-order valence-corrected chi connectivity index (χ4v) is 4.97. The lowest BCUT2D eigenvalue weighted by molar-refractivity contribution is -0.251. The molecule has 3 aromatic rings. The second-order valence-electron chi connectivity index (χ2n) is 9.98. The van der Waals surface area contributed by atoms with Crippen LogP contribution in [0.4, 0.5) is 9.59 Å². The summed E-state index contributed by atoms with van der Waals surface area (Å²) >= 11 is 1.49. The molecule has 198 valence electrons. The summed E-state index contributed by atoms with van der Waals surface area (Å²) in [6, 6.07) is 17.6. The lowest BCUT2D eigenvalue weighted by Gasteiger charge is -2.34. The minimum absolute atomic E-state index is 0.0510. The molecule has 0 saturated carbocycles. The number of benzene rings is 2. The second-order valence-corrected chi connectivity index (χ2v) is 11.0. The van der Waals surface area contributed by atoms with E-state index < -0.39 is 36.0 Å². The number of carboxylic acid groups (broad SMARTS) is 1. The van der Waals surface area contributed by atoms with Crippen molar-refractivity contribution in [1.29, 1.82) is 0 Å². The van der Waals surface area contributed by atoms with Gasteiger partial charge in [-0.2, -0.15) is 0 Å². The predicted molar refractivity (Wildman–Crippen MR) is 141 cm³/mol. The summed E-state index contributed by atoms with van der Waals surface area (Å²) in [6.45, 7) is 5.30. The Kier molecular flexibility index (Phi) is 10.0. The van der Waals surface area contributed by atoms with Crippen LogP contribution in [0.5, 0.6) is 0 Å². The average Bonchev–Trinajstić information content (AvgIpc) is 3.34. The normalized spacial score (nSPS) is 14.7. The van der Waals surface area contributed by atoms with Crippen LogP contribution >= 0.6 is 11.3 Å². The van der Waals surface area contributed by atoms with E-state index in [0.29, 0.717) is 12.8 Å². The van der Waals surface area contributed by atoms with Crippen LogP contribution in [0.2, 0.25) is 0 Å². The van der Waals surface area contributed by atoms with Crippen LogP contribution in [0.1, 0.15) is 49.1 Å². The maximum Gasteiger partial charge on any atom is 0.407 e.